The van der Waals surface area contributed by atoms with Crippen molar-refractivity contribution in [2.45, 2.75) is 81.6 Å². The zero-order chi connectivity index (χ0) is 55.0. The molecule has 0 radical (unpaired) electrons. The monoisotopic (exact) mass is 1150 g/mol. The standard InChI is InChI=1S/C38H57N10O21P3S2/c1-38(2,18-66-72(63,64)69-71(61,62)65-15-24-30(68-70(58,59)60)29(53)36(67-24)48-20-46-28-32(40)44-19-45-33(28)48)31(54)35(56)42-11-10-25(49)41-12-13-74-37(57)22(39)8-9-26(50)47-23(34(55)43-14-27(51)52)17-73-16-21-6-4-3-5-7-21/h3-7,19-20,22-24,29-31,36,53-54H,8-18,39H2,1-2H3,(H,41,49)(H,42,56)(H,43,55)(H,47,50)(H,51,52)(H,61,62)(H,63,64)(H2,40,44,45)(H2,58,59,60). The number of carbonyl (C=O) groups is 6. The van der Waals surface area contributed by atoms with E-state index in [-0.39, 0.29) is 60.8 Å². The van der Waals surface area contributed by atoms with Gasteiger partial charge in [-0.15, -0.1) is 0 Å². The number of aromatic nitrogens is 4. The van der Waals surface area contributed by atoms with Gasteiger partial charge in [-0.25, -0.2) is 28.6 Å². The van der Waals surface area contributed by atoms with E-state index in [0.717, 1.165) is 34.5 Å². The number of ether oxygens (including phenoxy) is 1. The number of benzene rings is 1. The Balaban J connectivity index is 1.14. The lowest BCUT2D eigenvalue weighted by atomic mass is 9.87. The Kier molecular flexibility index (Phi) is 23.5. The smallest absolute Gasteiger partial charge is 0.480 e. The second-order valence-electron chi connectivity index (χ2n) is 16.6. The highest BCUT2D eigenvalue weighted by Crippen LogP contribution is 2.61. The van der Waals surface area contributed by atoms with E-state index in [4.69, 9.17) is 30.4 Å². The molecule has 412 valence electrons. The van der Waals surface area contributed by atoms with E-state index in [2.05, 4.69) is 45.1 Å². The molecule has 0 spiro atoms. The Hall–Kier alpha value is -4.50. The largest absolute Gasteiger partial charge is 0.481 e. The quantitative estimate of drug-likeness (QED) is 0.0255. The molecule has 4 amide bonds. The number of thioether (sulfide) groups is 2. The second-order valence-corrected chi connectivity index (χ2v) is 23.0. The number of nitrogens with one attached hydrogen (secondary N) is 4. The number of aliphatic hydroxyl groups is 2. The minimum Gasteiger partial charge on any atom is -0.480 e. The summed E-state index contributed by atoms with van der Waals surface area (Å²) in [6, 6.07) is 7.19. The maximum Gasteiger partial charge on any atom is 0.481 e. The van der Waals surface area contributed by atoms with E-state index >= 15 is 0 Å². The van der Waals surface area contributed by atoms with Crippen molar-refractivity contribution in [2.75, 3.05) is 50.1 Å². The van der Waals surface area contributed by atoms with Crippen molar-refractivity contribution < 1.29 is 100.0 Å². The topological polar surface area (TPSA) is 485 Å². The number of aliphatic carboxylic acids is 1. The number of rotatable bonds is 31. The average molecular weight is 1150 g/mol. The molecule has 1 aliphatic heterocycles. The number of fused-ring (bicyclic) bond motifs is 1. The van der Waals surface area contributed by atoms with Crippen LogP contribution in [-0.2, 0) is 70.8 Å². The fourth-order valence-electron chi connectivity index (χ4n) is 6.40. The Labute approximate surface area is 429 Å². The molecule has 1 aliphatic rings. The Bertz CT molecular complexity index is 2580. The predicted molar refractivity (Wildman–Crippen MR) is 259 cm³/mol. The summed E-state index contributed by atoms with van der Waals surface area (Å²) in [5, 5.41) is 39.7. The third kappa shape index (κ3) is 20.2. The van der Waals surface area contributed by atoms with Crippen LogP contribution >= 0.6 is 47.0 Å². The van der Waals surface area contributed by atoms with Crippen LogP contribution in [0.25, 0.3) is 11.2 Å². The number of carboxylic acid groups (broad SMARTS) is 1. The SMILES string of the molecule is CC(C)(COP(=O)(O)OP(=O)(O)OCC1OC(n2cnc3c(N)ncnc32)C(O)C1OP(=O)(O)O)C(O)C(=O)NCCC(=O)NCCSC(=O)C(N)CCC(=O)NC(CSCc1ccccc1)C(=O)NCC(=O)O. The first-order valence-electron chi connectivity index (χ1n) is 21.8. The van der Waals surface area contributed by atoms with Gasteiger partial charge in [0.15, 0.2) is 17.7 Å². The Morgan fingerprint density at radius 3 is 2.28 bits per heavy atom. The number of phosphoric acid groups is 3. The van der Waals surface area contributed by atoms with Gasteiger partial charge in [0.05, 0.1) is 25.6 Å². The molecule has 2 aromatic heterocycles. The minimum absolute atomic E-state index is 0.00721. The highest BCUT2D eigenvalue weighted by molar-refractivity contribution is 8.13. The fourth-order valence-corrected chi connectivity index (χ4v) is 11.0. The predicted octanol–water partition coefficient (Wildman–Crippen LogP) is -1.61. The number of imidazole rings is 1. The molecular formula is C38H57N10O21P3S2. The number of hydrogen-bond acceptors (Lipinski definition) is 23. The summed E-state index contributed by atoms with van der Waals surface area (Å²) in [7, 11) is -16.6. The molecular weight excluding hydrogens is 1090 g/mol. The van der Waals surface area contributed by atoms with Crippen LogP contribution in [0.5, 0.6) is 0 Å². The molecule has 0 aliphatic carbocycles. The third-order valence-electron chi connectivity index (χ3n) is 10.2. The molecule has 0 bridgehead atoms. The van der Waals surface area contributed by atoms with Crippen LogP contribution in [0.3, 0.4) is 0 Å². The normalized spacial score (nSPS) is 19.9. The zero-order valence-corrected chi connectivity index (χ0v) is 43.6. The van der Waals surface area contributed by atoms with Crippen LogP contribution in [0.1, 0.15) is 44.9 Å². The van der Waals surface area contributed by atoms with Gasteiger partial charge in [0.25, 0.3) is 0 Å². The van der Waals surface area contributed by atoms with E-state index in [1.165, 1.54) is 25.6 Å². The summed E-state index contributed by atoms with van der Waals surface area (Å²) in [4.78, 5) is 125. The van der Waals surface area contributed by atoms with Gasteiger partial charge < -0.3 is 72.4 Å². The molecule has 9 atom stereocenters. The molecule has 15 N–H and O–H groups in total. The number of hydrogen-bond donors (Lipinski definition) is 13. The third-order valence-corrected chi connectivity index (χ3v) is 15.4. The Morgan fingerprint density at radius 2 is 1.61 bits per heavy atom. The van der Waals surface area contributed by atoms with E-state index in [1.54, 1.807) is 0 Å². The molecule has 31 nitrogen and oxygen atoms in total. The lowest BCUT2D eigenvalue weighted by Gasteiger charge is -2.30. The van der Waals surface area contributed by atoms with E-state index < -0.39 is 126 Å². The van der Waals surface area contributed by atoms with Crippen LogP contribution in [0.2, 0.25) is 0 Å². The van der Waals surface area contributed by atoms with Gasteiger partial charge in [-0.2, -0.15) is 16.1 Å². The number of phosphoric ester groups is 3. The number of anilines is 1. The van der Waals surface area contributed by atoms with Gasteiger partial charge in [0.1, 0.15) is 48.8 Å². The lowest BCUT2D eigenvalue weighted by Crippen LogP contribution is -2.49. The number of aliphatic hydroxyl groups excluding tert-OH is 2. The zero-order valence-electron chi connectivity index (χ0n) is 39.3. The molecule has 1 aromatic carbocycles. The molecule has 74 heavy (non-hydrogen) atoms. The first-order valence-corrected chi connectivity index (χ1v) is 28.5. The lowest BCUT2D eigenvalue weighted by molar-refractivity contribution is -0.138. The molecule has 36 heteroatoms. The van der Waals surface area contributed by atoms with Gasteiger partial charge in [-0.05, 0) is 12.0 Å². The Morgan fingerprint density at radius 1 is 0.919 bits per heavy atom. The summed E-state index contributed by atoms with van der Waals surface area (Å²) in [6.07, 6.45) is -7.60. The number of nitrogens with zero attached hydrogens (tertiary/aromatic N) is 4. The number of nitrogens with two attached hydrogens (primary N) is 2. The van der Waals surface area contributed by atoms with E-state index in [1.807, 2.05) is 30.3 Å². The highest BCUT2D eigenvalue weighted by atomic mass is 32.2. The molecule has 0 saturated carbocycles. The number of amides is 4. The van der Waals surface area contributed by atoms with Crippen molar-refractivity contribution in [3.8, 4) is 0 Å². The summed E-state index contributed by atoms with van der Waals surface area (Å²) in [5.41, 5.74) is 11.1. The van der Waals surface area contributed by atoms with Crippen molar-refractivity contribution >= 4 is 98.7 Å². The van der Waals surface area contributed by atoms with Gasteiger partial charge in [0, 0.05) is 48.6 Å². The minimum atomic E-state index is -5.63. The number of carboxylic acids is 1. The van der Waals surface area contributed by atoms with Crippen molar-refractivity contribution in [1.29, 1.82) is 0 Å². The van der Waals surface area contributed by atoms with Crippen LogP contribution < -0.4 is 32.7 Å². The van der Waals surface area contributed by atoms with Gasteiger partial charge in [0.2, 0.25) is 28.7 Å². The van der Waals surface area contributed by atoms with Crippen molar-refractivity contribution in [3.05, 3.63) is 48.5 Å². The average Bonchev–Trinajstić information content (AvgIpc) is 3.89. The van der Waals surface area contributed by atoms with Crippen LogP contribution in [0.15, 0.2) is 43.0 Å². The van der Waals surface area contributed by atoms with Crippen molar-refractivity contribution in [2.24, 2.45) is 11.1 Å². The number of carbonyl (C=O) groups excluding carboxylic acids is 5. The van der Waals surface area contributed by atoms with Gasteiger partial charge >= 0.3 is 29.4 Å². The van der Waals surface area contributed by atoms with E-state index in [0.29, 0.717) is 5.75 Å². The van der Waals surface area contributed by atoms with Gasteiger partial charge in [-0.3, -0.25) is 46.9 Å². The second kappa shape index (κ2) is 28.0. The molecule has 3 heterocycles. The summed E-state index contributed by atoms with van der Waals surface area (Å²) < 4.78 is 62.4. The first-order chi connectivity index (χ1) is 34.6. The molecule has 3 aromatic rings. The molecule has 1 fully saturated rings. The van der Waals surface area contributed by atoms with Gasteiger partial charge in [-0.1, -0.05) is 55.9 Å². The summed E-state index contributed by atoms with van der Waals surface area (Å²) in [6.45, 7) is -0.653. The van der Waals surface area contributed by atoms with E-state index in [9.17, 15) is 72.2 Å². The van der Waals surface area contributed by atoms with Crippen molar-refractivity contribution in [3.63, 3.8) is 0 Å². The number of nitrogen functional groups attached to an aromatic ring is 1. The maximum absolute atomic E-state index is 12.8. The first kappa shape index (κ1) is 62.0. The van der Waals surface area contributed by atoms with Crippen LogP contribution in [0.4, 0.5) is 5.82 Å². The summed E-state index contributed by atoms with van der Waals surface area (Å²) in [5.74, 6) is -3.48. The summed E-state index contributed by atoms with van der Waals surface area (Å²) >= 11 is 2.14. The molecule has 4 rings (SSSR count). The van der Waals surface area contributed by atoms with Crippen LogP contribution in [-0.4, -0.2) is 170 Å². The maximum atomic E-state index is 12.8. The van der Waals surface area contributed by atoms with Crippen LogP contribution in [0, 0.1) is 5.41 Å². The van der Waals surface area contributed by atoms with Crippen molar-refractivity contribution in [1.82, 2.24) is 40.8 Å². The molecule has 9 unspecified atom stereocenters. The highest BCUT2D eigenvalue weighted by Gasteiger charge is 2.50. The fraction of sp³-hybridized carbons (Fsp3) is 0.553. The molecule has 1 saturated heterocycles.